The van der Waals surface area contributed by atoms with Crippen molar-refractivity contribution in [2.45, 2.75) is 13.5 Å². The molecule has 1 aromatic heterocycles. The first kappa shape index (κ1) is 19.2. The van der Waals surface area contributed by atoms with Crippen LogP contribution < -0.4 is 14.5 Å². The maximum Gasteiger partial charge on any atom is 0.277 e. The van der Waals surface area contributed by atoms with E-state index >= 15 is 0 Å². The maximum atomic E-state index is 13.2. The summed E-state index contributed by atoms with van der Waals surface area (Å²) in [5.41, 5.74) is -0.237. The summed E-state index contributed by atoms with van der Waals surface area (Å²) in [6, 6.07) is 3.31. The standard InChI is InChI=1S/C12H14ClFN6O4S/c1-2-16-25(22,23)17-6-10-11(19-24-18-10)12(15)20(21)7-3-4-9(14)8(13)5-7/h3-5,15-17,21H,2,6H2,1H3. The Labute approximate surface area is 147 Å². The molecule has 0 atom stereocenters. The molecule has 1 heterocycles. The van der Waals surface area contributed by atoms with E-state index in [1.54, 1.807) is 6.92 Å². The lowest BCUT2D eigenvalue weighted by Crippen LogP contribution is -2.36. The molecule has 0 saturated heterocycles. The topological polar surface area (TPSA) is 144 Å². The zero-order valence-electron chi connectivity index (χ0n) is 12.8. The second-order valence-electron chi connectivity index (χ2n) is 4.64. The van der Waals surface area contributed by atoms with Gasteiger partial charge >= 0.3 is 0 Å². The minimum Gasteiger partial charge on any atom is -0.282 e. The van der Waals surface area contributed by atoms with Crippen LogP contribution in [0.3, 0.4) is 0 Å². The van der Waals surface area contributed by atoms with Crippen molar-refractivity contribution < 1.29 is 22.6 Å². The monoisotopic (exact) mass is 392 g/mol. The highest BCUT2D eigenvalue weighted by Gasteiger charge is 2.22. The molecule has 0 aliphatic rings. The van der Waals surface area contributed by atoms with Crippen molar-refractivity contribution in [3.8, 4) is 0 Å². The molecule has 0 spiro atoms. The molecule has 0 aliphatic carbocycles. The third kappa shape index (κ3) is 4.70. The van der Waals surface area contributed by atoms with Crippen molar-refractivity contribution in [3.05, 3.63) is 40.4 Å². The average molecular weight is 393 g/mol. The molecule has 0 saturated carbocycles. The molecule has 0 fully saturated rings. The van der Waals surface area contributed by atoms with E-state index in [9.17, 15) is 18.0 Å². The van der Waals surface area contributed by atoms with Gasteiger partial charge in [0, 0.05) is 6.54 Å². The van der Waals surface area contributed by atoms with Gasteiger partial charge in [-0.1, -0.05) is 23.7 Å². The zero-order chi connectivity index (χ0) is 18.6. The second-order valence-corrected chi connectivity index (χ2v) is 6.63. The van der Waals surface area contributed by atoms with E-state index in [4.69, 9.17) is 17.0 Å². The average Bonchev–Trinajstić information content (AvgIpc) is 3.03. The smallest absolute Gasteiger partial charge is 0.277 e. The fourth-order valence-corrected chi connectivity index (χ4v) is 2.74. The van der Waals surface area contributed by atoms with Crippen LogP contribution in [0.15, 0.2) is 22.8 Å². The highest BCUT2D eigenvalue weighted by atomic mass is 35.5. The van der Waals surface area contributed by atoms with Crippen LogP contribution in [0.2, 0.25) is 5.02 Å². The first-order valence-corrected chi connectivity index (χ1v) is 8.70. The van der Waals surface area contributed by atoms with Gasteiger partial charge in [0.1, 0.15) is 11.5 Å². The number of nitrogens with one attached hydrogen (secondary N) is 3. The van der Waals surface area contributed by atoms with E-state index in [1.807, 2.05) is 0 Å². The Morgan fingerprint density at radius 1 is 1.44 bits per heavy atom. The Bertz CT molecular complexity index is 874. The van der Waals surface area contributed by atoms with E-state index in [0.717, 1.165) is 12.1 Å². The van der Waals surface area contributed by atoms with Crippen LogP contribution in [-0.4, -0.2) is 36.3 Å². The predicted molar refractivity (Wildman–Crippen MR) is 86.2 cm³/mol. The number of hydrogen-bond donors (Lipinski definition) is 4. The predicted octanol–water partition coefficient (Wildman–Crippen LogP) is 1.03. The van der Waals surface area contributed by atoms with Crippen LogP contribution in [0.4, 0.5) is 10.1 Å². The number of halogens is 2. The quantitative estimate of drug-likeness (QED) is 0.313. The normalized spacial score (nSPS) is 11.5. The highest BCUT2D eigenvalue weighted by Crippen LogP contribution is 2.23. The summed E-state index contributed by atoms with van der Waals surface area (Å²) in [6.45, 7) is 1.47. The highest BCUT2D eigenvalue weighted by molar-refractivity contribution is 7.87. The molecule has 0 radical (unpaired) electrons. The van der Waals surface area contributed by atoms with Gasteiger partial charge in [-0.2, -0.15) is 13.1 Å². The van der Waals surface area contributed by atoms with Crippen molar-refractivity contribution in [1.82, 2.24) is 19.8 Å². The number of hydrogen-bond acceptors (Lipinski definition) is 7. The van der Waals surface area contributed by atoms with E-state index in [1.165, 1.54) is 6.07 Å². The summed E-state index contributed by atoms with van der Waals surface area (Å²) in [4.78, 5) is 0. The van der Waals surface area contributed by atoms with Crippen molar-refractivity contribution in [1.29, 1.82) is 5.41 Å². The van der Waals surface area contributed by atoms with Crippen molar-refractivity contribution in [3.63, 3.8) is 0 Å². The van der Waals surface area contributed by atoms with Crippen LogP contribution in [-0.2, 0) is 16.8 Å². The molecular formula is C12H14ClFN6O4S. The minimum atomic E-state index is -3.75. The first-order valence-electron chi connectivity index (χ1n) is 6.83. The van der Waals surface area contributed by atoms with Gasteiger partial charge in [0.2, 0.25) is 0 Å². The number of amidine groups is 1. The zero-order valence-corrected chi connectivity index (χ0v) is 14.4. The molecule has 13 heteroatoms. The molecule has 1 aromatic carbocycles. The lowest BCUT2D eigenvalue weighted by atomic mass is 10.2. The molecule has 10 nitrogen and oxygen atoms in total. The van der Waals surface area contributed by atoms with Gasteiger partial charge in [-0.05, 0) is 23.4 Å². The number of nitrogens with zero attached hydrogens (tertiary/aromatic N) is 3. The summed E-state index contributed by atoms with van der Waals surface area (Å²) in [5.74, 6) is -1.26. The number of rotatable bonds is 7. The fourth-order valence-electron chi connectivity index (χ4n) is 1.75. The third-order valence-corrected chi connectivity index (χ3v) is 4.39. The van der Waals surface area contributed by atoms with Gasteiger partial charge in [-0.25, -0.2) is 18.8 Å². The Kier molecular flexibility index (Phi) is 6.02. The summed E-state index contributed by atoms with van der Waals surface area (Å²) in [7, 11) is -3.75. The Morgan fingerprint density at radius 3 is 2.80 bits per heavy atom. The Morgan fingerprint density at radius 2 is 2.16 bits per heavy atom. The van der Waals surface area contributed by atoms with Crippen molar-refractivity contribution in [2.75, 3.05) is 11.6 Å². The van der Waals surface area contributed by atoms with Crippen molar-refractivity contribution in [2.24, 2.45) is 0 Å². The van der Waals surface area contributed by atoms with Gasteiger partial charge in [0.25, 0.3) is 10.2 Å². The number of aromatic nitrogens is 2. The molecule has 136 valence electrons. The molecule has 0 unspecified atom stereocenters. The van der Waals surface area contributed by atoms with Crippen LogP contribution in [0, 0.1) is 11.2 Å². The van der Waals surface area contributed by atoms with Crippen LogP contribution in [0.1, 0.15) is 18.3 Å². The lowest BCUT2D eigenvalue weighted by molar-refractivity contribution is 0.297. The minimum absolute atomic E-state index is 0.00131. The van der Waals surface area contributed by atoms with Crippen LogP contribution in [0.5, 0.6) is 0 Å². The first-order chi connectivity index (χ1) is 11.7. The maximum absolute atomic E-state index is 13.2. The molecule has 2 aromatic rings. The summed E-state index contributed by atoms with van der Waals surface area (Å²) >= 11 is 5.63. The molecule has 25 heavy (non-hydrogen) atoms. The Balaban J connectivity index is 2.17. The van der Waals surface area contributed by atoms with E-state index in [0.29, 0.717) is 5.06 Å². The van der Waals surface area contributed by atoms with Gasteiger partial charge in [-0.3, -0.25) is 10.6 Å². The number of benzene rings is 1. The lowest BCUT2D eigenvalue weighted by Gasteiger charge is -2.16. The fraction of sp³-hybridized carbons (Fsp3) is 0.250. The number of anilines is 1. The summed E-state index contributed by atoms with van der Waals surface area (Å²) in [5, 5.41) is 25.1. The summed E-state index contributed by atoms with van der Waals surface area (Å²) < 4.78 is 45.2. The molecule has 0 aliphatic heterocycles. The van der Waals surface area contributed by atoms with Gasteiger partial charge in [0.15, 0.2) is 11.5 Å². The molecule has 2 rings (SSSR count). The van der Waals surface area contributed by atoms with Gasteiger partial charge in [-0.15, -0.1) is 0 Å². The molecule has 4 N–H and O–H groups in total. The second kappa shape index (κ2) is 7.84. The SMILES string of the molecule is CCNS(=O)(=O)NCc1nonc1C(=N)N(O)c1ccc(F)c(Cl)c1. The van der Waals surface area contributed by atoms with E-state index in [2.05, 4.69) is 24.4 Å². The number of hydroxylamine groups is 1. The van der Waals surface area contributed by atoms with Crippen LogP contribution >= 0.6 is 11.6 Å². The van der Waals surface area contributed by atoms with Gasteiger partial charge in [0.05, 0.1) is 17.3 Å². The molecular weight excluding hydrogens is 379 g/mol. The van der Waals surface area contributed by atoms with E-state index < -0.39 is 21.9 Å². The van der Waals surface area contributed by atoms with Crippen LogP contribution in [0.25, 0.3) is 0 Å². The Hall–Kier alpha value is -2.12. The van der Waals surface area contributed by atoms with E-state index in [-0.39, 0.29) is 35.2 Å². The molecule has 0 bridgehead atoms. The third-order valence-electron chi connectivity index (χ3n) is 2.90. The van der Waals surface area contributed by atoms with Gasteiger partial charge < -0.3 is 0 Å². The van der Waals surface area contributed by atoms with Crippen molar-refractivity contribution >= 4 is 33.3 Å². The summed E-state index contributed by atoms with van der Waals surface area (Å²) in [6.07, 6.45) is 0. The molecule has 0 amide bonds. The largest absolute Gasteiger partial charge is 0.282 e.